The summed E-state index contributed by atoms with van der Waals surface area (Å²) in [5.74, 6) is 1.41. The van der Waals surface area contributed by atoms with E-state index in [1.165, 1.54) is 12.1 Å². The van der Waals surface area contributed by atoms with Gasteiger partial charge in [0.25, 0.3) is 11.6 Å². The van der Waals surface area contributed by atoms with E-state index in [1.54, 1.807) is 6.92 Å². The molecule has 0 aromatic heterocycles. The van der Waals surface area contributed by atoms with Crippen LogP contribution in [0.25, 0.3) is 0 Å². The second-order valence-electron chi connectivity index (χ2n) is 3.45. The van der Waals surface area contributed by atoms with Crippen molar-refractivity contribution in [2.45, 2.75) is 6.92 Å². The third kappa shape index (κ3) is 3.54. The molecule has 1 rings (SSSR count). The number of nitrogens with one attached hydrogen (secondary N) is 2. The lowest BCUT2D eigenvalue weighted by molar-refractivity contribution is -0.385. The van der Waals surface area contributed by atoms with Gasteiger partial charge in [-0.25, -0.2) is 4.79 Å². The lowest BCUT2D eigenvalue weighted by atomic mass is 10.1. The summed E-state index contributed by atoms with van der Waals surface area (Å²) in [6, 6.07) is 2.96. The molecule has 0 bridgehead atoms. The van der Waals surface area contributed by atoms with Crippen molar-refractivity contribution in [1.29, 1.82) is 0 Å². The fourth-order valence-corrected chi connectivity index (χ4v) is 1.33. The number of benzene rings is 1. The molecular weight excluding hydrogens is 250 g/mol. The Morgan fingerprint density at radius 1 is 1.47 bits per heavy atom. The molecule has 0 aliphatic rings. The number of hydrogen-bond acceptors (Lipinski definition) is 4. The van der Waals surface area contributed by atoms with Gasteiger partial charge in [-0.3, -0.25) is 20.2 Å². The van der Waals surface area contributed by atoms with Gasteiger partial charge in [0.05, 0.1) is 4.92 Å². The van der Waals surface area contributed by atoms with Crippen molar-refractivity contribution in [2.75, 3.05) is 6.54 Å². The maximum Gasteiger partial charge on any atom is 0.321 e. The van der Waals surface area contributed by atoms with Gasteiger partial charge in [0, 0.05) is 18.2 Å². The van der Waals surface area contributed by atoms with Gasteiger partial charge >= 0.3 is 6.03 Å². The van der Waals surface area contributed by atoms with Crippen molar-refractivity contribution < 1.29 is 14.5 Å². The Balaban J connectivity index is 3.00. The SMILES string of the molecule is C#Cc1ccc(C(=O)NC(=O)NCC)cc1[N+](=O)[O-]. The van der Waals surface area contributed by atoms with Crippen molar-refractivity contribution in [3.63, 3.8) is 0 Å². The number of amides is 3. The summed E-state index contributed by atoms with van der Waals surface area (Å²) in [5, 5.41) is 15.2. The molecule has 0 radical (unpaired) electrons. The number of terminal acetylenes is 1. The zero-order valence-electron chi connectivity index (χ0n) is 10.1. The monoisotopic (exact) mass is 261 g/mol. The molecule has 1 aromatic carbocycles. The van der Waals surface area contributed by atoms with Crippen LogP contribution in [-0.2, 0) is 0 Å². The van der Waals surface area contributed by atoms with E-state index in [0.717, 1.165) is 6.07 Å². The third-order valence-corrected chi connectivity index (χ3v) is 2.18. The third-order valence-electron chi connectivity index (χ3n) is 2.18. The first kappa shape index (κ1) is 14.2. The van der Waals surface area contributed by atoms with Gasteiger partial charge in [0.2, 0.25) is 0 Å². The maximum atomic E-state index is 11.7. The summed E-state index contributed by atoms with van der Waals surface area (Å²) < 4.78 is 0. The smallest absolute Gasteiger partial charge is 0.321 e. The number of nitro groups is 1. The highest BCUT2D eigenvalue weighted by atomic mass is 16.6. The van der Waals surface area contributed by atoms with E-state index < -0.39 is 16.9 Å². The van der Waals surface area contributed by atoms with Crippen LogP contribution in [0.2, 0.25) is 0 Å². The van der Waals surface area contributed by atoms with Gasteiger partial charge in [0.1, 0.15) is 5.56 Å². The van der Waals surface area contributed by atoms with Gasteiger partial charge < -0.3 is 5.32 Å². The molecule has 7 nitrogen and oxygen atoms in total. The normalized spacial score (nSPS) is 9.26. The van der Waals surface area contributed by atoms with Gasteiger partial charge in [-0.05, 0) is 19.1 Å². The van der Waals surface area contributed by atoms with Crippen LogP contribution in [0.5, 0.6) is 0 Å². The molecule has 0 aliphatic heterocycles. The van der Waals surface area contributed by atoms with Gasteiger partial charge in [-0.1, -0.05) is 5.92 Å². The molecule has 1 aromatic rings. The number of carbonyl (C=O) groups is 2. The fourth-order valence-electron chi connectivity index (χ4n) is 1.33. The van der Waals surface area contributed by atoms with E-state index in [-0.39, 0.29) is 16.8 Å². The number of carbonyl (C=O) groups excluding carboxylic acids is 2. The molecule has 7 heteroatoms. The second-order valence-corrected chi connectivity index (χ2v) is 3.45. The lowest BCUT2D eigenvalue weighted by Crippen LogP contribution is -2.39. The van der Waals surface area contributed by atoms with Crippen LogP contribution in [0.15, 0.2) is 18.2 Å². The van der Waals surface area contributed by atoms with Crippen LogP contribution in [0, 0.1) is 22.5 Å². The molecule has 0 saturated carbocycles. The van der Waals surface area contributed by atoms with E-state index in [9.17, 15) is 19.7 Å². The van der Waals surface area contributed by atoms with E-state index in [2.05, 4.69) is 11.2 Å². The largest absolute Gasteiger partial charge is 0.338 e. The highest BCUT2D eigenvalue weighted by Gasteiger charge is 2.17. The average Bonchev–Trinajstić information content (AvgIpc) is 2.37. The van der Waals surface area contributed by atoms with Crippen molar-refractivity contribution in [1.82, 2.24) is 10.6 Å². The second kappa shape index (κ2) is 6.16. The van der Waals surface area contributed by atoms with E-state index in [0.29, 0.717) is 6.54 Å². The van der Waals surface area contributed by atoms with Crippen LogP contribution in [-0.4, -0.2) is 23.4 Å². The van der Waals surface area contributed by atoms with Crippen molar-refractivity contribution in [3.05, 3.63) is 39.4 Å². The molecule has 98 valence electrons. The summed E-state index contributed by atoms with van der Waals surface area (Å²) in [7, 11) is 0. The Morgan fingerprint density at radius 2 is 2.16 bits per heavy atom. The summed E-state index contributed by atoms with van der Waals surface area (Å²) >= 11 is 0. The van der Waals surface area contributed by atoms with Crippen LogP contribution >= 0.6 is 0 Å². The summed E-state index contributed by atoms with van der Waals surface area (Å²) in [6.45, 7) is 2.05. The minimum absolute atomic E-state index is 0.0167. The quantitative estimate of drug-likeness (QED) is 0.482. The van der Waals surface area contributed by atoms with Gasteiger partial charge in [-0.15, -0.1) is 6.42 Å². The Bertz CT molecular complexity index is 575. The van der Waals surface area contributed by atoms with Gasteiger partial charge in [0.15, 0.2) is 0 Å². The number of nitro benzene ring substituents is 1. The number of urea groups is 1. The molecular formula is C12H11N3O4. The molecule has 0 aliphatic carbocycles. The molecule has 3 amide bonds. The molecule has 0 fully saturated rings. The Morgan fingerprint density at radius 3 is 2.68 bits per heavy atom. The standard InChI is InChI=1S/C12H11N3O4/c1-3-8-5-6-9(7-10(8)15(18)19)11(16)14-12(17)13-4-2/h1,5-7H,4H2,2H3,(H2,13,14,16,17). The van der Waals surface area contributed by atoms with Crippen molar-refractivity contribution >= 4 is 17.6 Å². The minimum Gasteiger partial charge on any atom is -0.338 e. The highest BCUT2D eigenvalue weighted by Crippen LogP contribution is 2.19. The number of rotatable bonds is 3. The lowest BCUT2D eigenvalue weighted by Gasteiger charge is -2.05. The average molecular weight is 261 g/mol. The Kier molecular flexibility index (Phi) is 4.60. The molecule has 0 heterocycles. The van der Waals surface area contributed by atoms with Crippen LogP contribution < -0.4 is 10.6 Å². The molecule has 19 heavy (non-hydrogen) atoms. The predicted octanol–water partition coefficient (Wildman–Crippen LogP) is 1.04. The Labute approximate surface area is 109 Å². The number of nitrogens with zero attached hydrogens (tertiary/aromatic N) is 1. The van der Waals surface area contributed by atoms with Crippen LogP contribution in [0.1, 0.15) is 22.8 Å². The van der Waals surface area contributed by atoms with E-state index in [1.807, 2.05) is 5.32 Å². The first-order valence-electron chi connectivity index (χ1n) is 5.33. The first-order chi connectivity index (χ1) is 8.99. The molecule has 0 spiro atoms. The van der Waals surface area contributed by atoms with Crippen molar-refractivity contribution in [2.24, 2.45) is 0 Å². The molecule has 0 saturated heterocycles. The van der Waals surface area contributed by atoms with Crippen molar-refractivity contribution in [3.8, 4) is 12.3 Å². The highest BCUT2D eigenvalue weighted by molar-refractivity contribution is 6.04. The molecule has 0 unspecified atom stereocenters. The first-order valence-corrected chi connectivity index (χ1v) is 5.33. The summed E-state index contributed by atoms with van der Waals surface area (Å²) in [4.78, 5) is 32.9. The van der Waals surface area contributed by atoms with Crippen LogP contribution in [0.4, 0.5) is 10.5 Å². The minimum atomic E-state index is -0.738. The zero-order chi connectivity index (χ0) is 14.4. The summed E-state index contributed by atoms with van der Waals surface area (Å²) in [6.07, 6.45) is 5.12. The van der Waals surface area contributed by atoms with E-state index in [4.69, 9.17) is 6.42 Å². The topological polar surface area (TPSA) is 101 Å². The molecule has 2 N–H and O–H groups in total. The number of hydrogen-bond donors (Lipinski definition) is 2. The number of imide groups is 1. The fraction of sp³-hybridized carbons (Fsp3) is 0.167. The predicted molar refractivity (Wildman–Crippen MR) is 67.6 cm³/mol. The van der Waals surface area contributed by atoms with Gasteiger partial charge in [-0.2, -0.15) is 0 Å². The maximum absolute atomic E-state index is 11.7. The van der Waals surface area contributed by atoms with E-state index >= 15 is 0 Å². The Hall–Kier alpha value is -2.88. The zero-order valence-corrected chi connectivity index (χ0v) is 10.1. The van der Waals surface area contributed by atoms with Crippen LogP contribution in [0.3, 0.4) is 0 Å². The molecule has 0 atom stereocenters. The summed E-state index contributed by atoms with van der Waals surface area (Å²) in [5.41, 5.74) is -0.303.